The largest absolute Gasteiger partial charge is 0.449 e. The van der Waals surface area contributed by atoms with E-state index in [4.69, 9.17) is 10.5 Å². The summed E-state index contributed by atoms with van der Waals surface area (Å²) in [5, 5.41) is 2.62. The molecule has 0 bridgehead atoms. The summed E-state index contributed by atoms with van der Waals surface area (Å²) in [5.74, 6) is 2.16. The number of carbonyl (C=O) groups excluding carboxylic acids is 1. The van der Waals surface area contributed by atoms with Crippen LogP contribution < -0.4 is 11.1 Å². The molecule has 1 saturated carbocycles. The summed E-state index contributed by atoms with van der Waals surface area (Å²) in [6.07, 6.45) is 9.08. The molecule has 2 aliphatic rings. The average molecular weight is 238 g/mol. The molecule has 3 N–H and O–H groups in total. The van der Waals surface area contributed by atoms with Gasteiger partial charge in [0.1, 0.15) is 0 Å². The third-order valence-electron chi connectivity index (χ3n) is 3.83. The Morgan fingerprint density at radius 3 is 2.53 bits per heavy atom. The Bertz CT molecular complexity index is 275. The van der Waals surface area contributed by atoms with Crippen LogP contribution in [0.2, 0.25) is 0 Å². The summed E-state index contributed by atoms with van der Waals surface area (Å²) >= 11 is 0. The van der Waals surface area contributed by atoms with Gasteiger partial charge in [-0.1, -0.05) is 12.2 Å². The third-order valence-corrected chi connectivity index (χ3v) is 3.83. The van der Waals surface area contributed by atoms with E-state index in [2.05, 4.69) is 17.5 Å². The lowest BCUT2D eigenvalue weighted by Gasteiger charge is -2.05. The van der Waals surface area contributed by atoms with Gasteiger partial charge in [-0.2, -0.15) is 0 Å². The lowest BCUT2D eigenvalue weighted by molar-refractivity contribution is 0.138. The molecule has 0 spiro atoms. The van der Waals surface area contributed by atoms with Crippen molar-refractivity contribution < 1.29 is 9.53 Å². The van der Waals surface area contributed by atoms with Gasteiger partial charge in [0.2, 0.25) is 0 Å². The normalized spacial score (nSPS) is 32.9. The van der Waals surface area contributed by atoms with E-state index in [0.717, 1.165) is 11.8 Å². The Labute approximate surface area is 103 Å². The fourth-order valence-corrected chi connectivity index (χ4v) is 2.84. The predicted octanol–water partition coefficient (Wildman–Crippen LogP) is 1.66. The maximum absolute atomic E-state index is 11.3. The van der Waals surface area contributed by atoms with Crippen molar-refractivity contribution in [1.29, 1.82) is 0 Å². The molecule has 2 aliphatic carbocycles. The van der Waals surface area contributed by atoms with Crippen molar-refractivity contribution in [2.75, 3.05) is 19.7 Å². The average Bonchev–Trinajstić information content (AvgIpc) is 2.94. The number of carbonyl (C=O) groups is 1. The van der Waals surface area contributed by atoms with Gasteiger partial charge in [0.15, 0.2) is 0 Å². The van der Waals surface area contributed by atoms with Crippen LogP contribution in [0, 0.1) is 17.8 Å². The zero-order chi connectivity index (χ0) is 12.1. The first-order valence-corrected chi connectivity index (χ1v) is 6.58. The molecule has 2 rings (SSSR count). The molecule has 0 aromatic heterocycles. The maximum Gasteiger partial charge on any atom is 0.407 e. The molecular weight excluding hydrogens is 216 g/mol. The van der Waals surface area contributed by atoms with Crippen LogP contribution in [0.5, 0.6) is 0 Å². The molecule has 0 aromatic rings. The number of ether oxygens (including phenoxy) is 1. The van der Waals surface area contributed by atoms with E-state index in [1.807, 2.05) is 0 Å². The molecule has 4 nitrogen and oxygen atoms in total. The standard InChI is InChI=1S/C13H22N2O2/c14-7-8-15-13(16)17-9-12-10-5-3-1-2-4-6-11(10)12/h1-2,10-12H,3-9,14H2,(H,15,16)/b2-1-/t10-,11+,12?. The summed E-state index contributed by atoms with van der Waals surface area (Å²) in [4.78, 5) is 11.3. The van der Waals surface area contributed by atoms with Gasteiger partial charge in [-0.25, -0.2) is 4.79 Å². The Hall–Kier alpha value is -1.03. The first kappa shape index (κ1) is 12.4. The molecule has 4 heteroatoms. The smallest absolute Gasteiger partial charge is 0.407 e. The fourth-order valence-electron chi connectivity index (χ4n) is 2.84. The van der Waals surface area contributed by atoms with E-state index in [-0.39, 0.29) is 6.09 Å². The van der Waals surface area contributed by atoms with Crippen LogP contribution >= 0.6 is 0 Å². The van der Waals surface area contributed by atoms with Gasteiger partial charge in [0.05, 0.1) is 6.61 Å². The van der Waals surface area contributed by atoms with Gasteiger partial charge in [-0.05, 0) is 43.4 Å². The fraction of sp³-hybridized carbons (Fsp3) is 0.769. The Morgan fingerprint density at radius 1 is 1.29 bits per heavy atom. The molecule has 0 aromatic carbocycles. The summed E-state index contributed by atoms with van der Waals surface area (Å²) in [5.41, 5.74) is 5.30. The van der Waals surface area contributed by atoms with Crippen molar-refractivity contribution in [3.63, 3.8) is 0 Å². The van der Waals surface area contributed by atoms with E-state index in [0.29, 0.717) is 25.6 Å². The van der Waals surface area contributed by atoms with Crippen molar-refractivity contribution >= 4 is 6.09 Å². The molecule has 0 aliphatic heterocycles. The highest BCUT2D eigenvalue weighted by atomic mass is 16.5. The highest BCUT2D eigenvalue weighted by molar-refractivity contribution is 5.67. The molecule has 1 amide bonds. The number of nitrogens with two attached hydrogens (primary N) is 1. The summed E-state index contributed by atoms with van der Waals surface area (Å²) in [6, 6.07) is 0. The molecule has 1 fully saturated rings. The van der Waals surface area contributed by atoms with Gasteiger partial charge < -0.3 is 15.8 Å². The number of hydrogen-bond donors (Lipinski definition) is 2. The number of alkyl carbamates (subject to hydrolysis) is 1. The second-order valence-corrected chi connectivity index (χ2v) is 4.93. The molecule has 17 heavy (non-hydrogen) atoms. The van der Waals surface area contributed by atoms with Gasteiger partial charge >= 0.3 is 6.09 Å². The number of fused-ring (bicyclic) bond motifs is 1. The minimum Gasteiger partial charge on any atom is -0.449 e. The van der Waals surface area contributed by atoms with Crippen molar-refractivity contribution in [2.45, 2.75) is 25.7 Å². The number of hydrogen-bond acceptors (Lipinski definition) is 3. The minimum atomic E-state index is -0.326. The Kier molecular flexibility index (Phi) is 4.42. The second kappa shape index (κ2) is 6.05. The van der Waals surface area contributed by atoms with Crippen LogP contribution in [0.4, 0.5) is 4.79 Å². The number of allylic oxidation sites excluding steroid dienone is 2. The van der Waals surface area contributed by atoms with E-state index in [1.54, 1.807) is 0 Å². The van der Waals surface area contributed by atoms with E-state index >= 15 is 0 Å². The minimum absolute atomic E-state index is 0.326. The highest BCUT2D eigenvalue weighted by Crippen LogP contribution is 2.52. The molecular formula is C13H22N2O2. The SMILES string of the molecule is NCCNC(=O)OCC1[C@H]2CC/C=C\CC[C@@H]12. The van der Waals surface area contributed by atoms with Crippen molar-refractivity contribution in [3.05, 3.63) is 12.2 Å². The molecule has 96 valence electrons. The molecule has 0 radical (unpaired) electrons. The summed E-state index contributed by atoms with van der Waals surface area (Å²) in [7, 11) is 0. The number of rotatable bonds is 4. The predicted molar refractivity (Wildman–Crippen MR) is 66.5 cm³/mol. The Morgan fingerprint density at radius 2 is 1.94 bits per heavy atom. The Balaban J connectivity index is 1.66. The first-order chi connectivity index (χ1) is 8.33. The number of nitrogens with one attached hydrogen (secondary N) is 1. The van der Waals surface area contributed by atoms with Crippen LogP contribution in [-0.2, 0) is 4.74 Å². The third kappa shape index (κ3) is 3.46. The summed E-state index contributed by atoms with van der Waals surface area (Å²) in [6.45, 7) is 1.52. The first-order valence-electron chi connectivity index (χ1n) is 6.58. The van der Waals surface area contributed by atoms with Crippen LogP contribution in [0.15, 0.2) is 12.2 Å². The topological polar surface area (TPSA) is 64.3 Å². The highest BCUT2D eigenvalue weighted by Gasteiger charge is 2.49. The van der Waals surface area contributed by atoms with Crippen molar-refractivity contribution in [2.24, 2.45) is 23.5 Å². The van der Waals surface area contributed by atoms with Crippen molar-refractivity contribution in [1.82, 2.24) is 5.32 Å². The van der Waals surface area contributed by atoms with Gasteiger partial charge in [0, 0.05) is 13.1 Å². The van der Waals surface area contributed by atoms with Crippen LogP contribution in [0.25, 0.3) is 0 Å². The zero-order valence-corrected chi connectivity index (χ0v) is 10.2. The lowest BCUT2D eigenvalue weighted by Crippen LogP contribution is -2.30. The van der Waals surface area contributed by atoms with E-state index < -0.39 is 0 Å². The molecule has 0 heterocycles. The zero-order valence-electron chi connectivity index (χ0n) is 10.2. The van der Waals surface area contributed by atoms with Gasteiger partial charge in [-0.15, -0.1) is 0 Å². The lowest BCUT2D eigenvalue weighted by atomic mass is 10.1. The van der Waals surface area contributed by atoms with Crippen LogP contribution in [0.1, 0.15) is 25.7 Å². The number of amides is 1. The second-order valence-electron chi connectivity index (χ2n) is 4.93. The monoisotopic (exact) mass is 238 g/mol. The maximum atomic E-state index is 11.3. The quantitative estimate of drug-likeness (QED) is 0.732. The van der Waals surface area contributed by atoms with Crippen LogP contribution in [0.3, 0.4) is 0 Å². The van der Waals surface area contributed by atoms with Crippen molar-refractivity contribution in [3.8, 4) is 0 Å². The molecule has 3 atom stereocenters. The van der Waals surface area contributed by atoms with Crippen LogP contribution in [-0.4, -0.2) is 25.8 Å². The van der Waals surface area contributed by atoms with E-state index in [9.17, 15) is 4.79 Å². The molecule has 0 saturated heterocycles. The molecule has 1 unspecified atom stereocenters. The van der Waals surface area contributed by atoms with E-state index in [1.165, 1.54) is 25.7 Å². The van der Waals surface area contributed by atoms with Gasteiger partial charge in [0.25, 0.3) is 0 Å². The summed E-state index contributed by atoms with van der Waals surface area (Å²) < 4.78 is 5.22. The van der Waals surface area contributed by atoms with Gasteiger partial charge in [-0.3, -0.25) is 0 Å².